The highest BCUT2D eigenvalue weighted by molar-refractivity contribution is 7.59. The van der Waals surface area contributed by atoms with Crippen molar-refractivity contribution in [2.75, 3.05) is 22.6 Å². The van der Waals surface area contributed by atoms with Gasteiger partial charge in [-0.25, -0.2) is 4.98 Å². The molecule has 2 aromatic carbocycles. The van der Waals surface area contributed by atoms with E-state index in [4.69, 9.17) is 4.74 Å². The lowest BCUT2D eigenvalue weighted by atomic mass is 9.86. The fourth-order valence-corrected chi connectivity index (χ4v) is 5.50. The lowest BCUT2D eigenvalue weighted by Crippen LogP contribution is -2.49. The van der Waals surface area contributed by atoms with Crippen molar-refractivity contribution in [2.45, 2.75) is 58.7 Å². The molecule has 10 heteroatoms. The summed E-state index contributed by atoms with van der Waals surface area (Å²) in [5.41, 5.74) is 4.56. The highest BCUT2D eigenvalue weighted by Crippen LogP contribution is 2.43. The molecule has 3 aromatic rings. The predicted molar refractivity (Wildman–Crippen MR) is 151 cm³/mol. The van der Waals surface area contributed by atoms with Gasteiger partial charge in [-0.15, -0.1) is 0 Å². The molecule has 0 saturated heterocycles. The third-order valence-corrected chi connectivity index (χ3v) is 7.56. The number of carbonyl (C=O) groups is 1. The van der Waals surface area contributed by atoms with E-state index in [9.17, 15) is 18.0 Å². The number of nitrogens with zero attached hydrogens (tertiary/aromatic N) is 2. The molecule has 0 bridgehead atoms. The van der Waals surface area contributed by atoms with Crippen LogP contribution in [0, 0.1) is 12.8 Å². The van der Waals surface area contributed by atoms with E-state index in [0.717, 1.165) is 45.9 Å². The Bertz CT molecular complexity index is 1390. The van der Waals surface area contributed by atoms with Gasteiger partial charge in [0.2, 0.25) is 5.91 Å². The Kier molecular flexibility index (Phi) is 7.66. The van der Waals surface area contributed by atoms with E-state index < -0.39 is 17.3 Å². The largest absolute Gasteiger partial charge is 0.416 e. The molecule has 0 spiro atoms. The second-order valence-corrected chi connectivity index (χ2v) is 10.5. The number of aryl methyl sites for hydroxylation is 1. The first-order chi connectivity index (χ1) is 17.9. The molecule has 5 rings (SSSR count). The van der Waals surface area contributed by atoms with Crippen LogP contribution in [0.5, 0.6) is 0 Å². The molecule has 39 heavy (non-hydrogen) atoms. The highest BCUT2D eigenvalue weighted by atomic mass is 32.1. The Labute approximate surface area is 233 Å². The zero-order valence-electron chi connectivity index (χ0n) is 22.5. The molecule has 1 amide bonds. The van der Waals surface area contributed by atoms with Crippen LogP contribution in [0.4, 0.5) is 30.4 Å². The van der Waals surface area contributed by atoms with Gasteiger partial charge >= 0.3 is 6.18 Å². The van der Waals surface area contributed by atoms with E-state index in [1.807, 2.05) is 57.8 Å². The number of amides is 1. The molecule has 1 aromatic heterocycles. The summed E-state index contributed by atoms with van der Waals surface area (Å²) in [6.07, 6.45) is -4.37. The Balaban J connectivity index is 0.00000353. The van der Waals surface area contributed by atoms with Gasteiger partial charge in [-0.05, 0) is 54.2 Å². The highest BCUT2D eigenvalue weighted by Gasteiger charge is 2.38. The summed E-state index contributed by atoms with van der Waals surface area (Å²) in [5.74, 6) is 0.835. The van der Waals surface area contributed by atoms with E-state index >= 15 is 0 Å². The minimum absolute atomic E-state index is 0. The molecule has 0 fully saturated rings. The maximum absolute atomic E-state index is 13.0. The van der Waals surface area contributed by atoms with Gasteiger partial charge in [-0.3, -0.25) is 4.79 Å². The molecule has 1 unspecified atom stereocenters. The third kappa shape index (κ3) is 5.19. The van der Waals surface area contributed by atoms with Crippen molar-refractivity contribution in [1.82, 2.24) is 4.98 Å². The summed E-state index contributed by atoms with van der Waals surface area (Å²) >= 11 is 0. The summed E-state index contributed by atoms with van der Waals surface area (Å²) in [6.45, 7) is 8.72. The van der Waals surface area contributed by atoms with Gasteiger partial charge in [0, 0.05) is 19.7 Å². The van der Waals surface area contributed by atoms with Gasteiger partial charge in [0.05, 0.1) is 29.2 Å². The second kappa shape index (κ2) is 10.4. The summed E-state index contributed by atoms with van der Waals surface area (Å²) in [7, 11) is 1.93. The Morgan fingerprint density at radius 3 is 2.51 bits per heavy atom. The van der Waals surface area contributed by atoms with Crippen molar-refractivity contribution < 1.29 is 22.7 Å². The number of rotatable bonds is 5. The van der Waals surface area contributed by atoms with Crippen LogP contribution in [0.2, 0.25) is 0 Å². The molecule has 3 heterocycles. The maximum Gasteiger partial charge on any atom is 0.416 e. The number of benzene rings is 2. The van der Waals surface area contributed by atoms with E-state index in [-0.39, 0.29) is 31.4 Å². The van der Waals surface area contributed by atoms with Crippen molar-refractivity contribution in [1.29, 1.82) is 0 Å². The number of pyridine rings is 1. The molecule has 0 radical (unpaired) electrons. The first-order valence-corrected chi connectivity index (χ1v) is 12.6. The first-order valence-electron chi connectivity index (χ1n) is 12.6. The topological polar surface area (TPSA) is 66.5 Å². The van der Waals surface area contributed by atoms with Gasteiger partial charge in [0.25, 0.3) is 0 Å². The number of ether oxygens (including phenoxy) is 1. The molecule has 2 N–H and O–H groups in total. The Morgan fingerprint density at radius 2 is 1.87 bits per heavy atom. The number of hydrogen-bond acceptors (Lipinski definition) is 5. The van der Waals surface area contributed by atoms with Crippen LogP contribution in [-0.4, -0.2) is 24.0 Å². The SMILES string of the molecule is Cc1nc(NCc2ccc3c(c2)COC3(C)c2ccc(C(F)(F)F)cc2)cc2c1NC(=O)[C@H](C(C)C)N2C.S. The standard InChI is InChI=1S/C29H31F3N4O2.H2S/c1-16(2)26-27(37)35-25-17(3)34-24(13-23(25)36(26)5)33-14-18-6-11-22-19(12-18)15-38-28(22,4)20-7-9-21(10-8-20)29(30,31)32;/h6-13,16,26H,14-15H2,1-5H3,(H,33,34)(H,35,37);1H2/t26-,28?;/m0./s1. The Morgan fingerprint density at radius 1 is 1.18 bits per heavy atom. The van der Waals surface area contributed by atoms with Crippen LogP contribution in [0.15, 0.2) is 48.5 Å². The van der Waals surface area contributed by atoms with Crippen molar-refractivity contribution in [3.8, 4) is 0 Å². The van der Waals surface area contributed by atoms with Gasteiger partial charge < -0.3 is 20.3 Å². The lowest BCUT2D eigenvalue weighted by Gasteiger charge is -2.38. The number of fused-ring (bicyclic) bond motifs is 2. The molecular formula is C29H33F3N4O2S. The number of nitrogens with one attached hydrogen (secondary N) is 2. The molecule has 2 atom stereocenters. The fraction of sp³-hybridized carbons (Fsp3) is 0.379. The van der Waals surface area contributed by atoms with Crippen molar-refractivity contribution in [2.24, 2.45) is 5.92 Å². The number of hydrogen-bond donors (Lipinski definition) is 2. The number of alkyl halides is 3. The summed E-state index contributed by atoms with van der Waals surface area (Å²) < 4.78 is 45.1. The second-order valence-electron chi connectivity index (χ2n) is 10.5. The van der Waals surface area contributed by atoms with Crippen molar-refractivity contribution in [3.05, 3.63) is 82.0 Å². The molecular weight excluding hydrogens is 525 g/mol. The van der Waals surface area contributed by atoms with E-state index in [1.54, 1.807) is 0 Å². The van der Waals surface area contributed by atoms with Gasteiger partial charge in [0.1, 0.15) is 17.5 Å². The van der Waals surface area contributed by atoms with Gasteiger partial charge in [-0.2, -0.15) is 26.7 Å². The van der Waals surface area contributed by atoms with Gasteiger partial charge in [-0.1, -0.05) is 44.2 Å². The Hall–Kier alpha value is -3.24. The third-order valence-electron chi connectivity index (χ3n) is 7.56. The summed E-state index contributed by atoms with van der Waals surface area (Å²) in [5, 5.41) is 6.40. The number of aromatic nitrogens is 1. The van der Waals surface area contributed by atoms with E-state index in [0.29, 0.717) is 24.5 Å². The smallest absolute Gasteiger partial charge is 0.366 e. The quantitative estimate of drug-likeness (QED) is 0.383. The van der Waals surface area contributed by atoms with Crippen molar-refractivity contribution >= 4 is 36.6 Å². The summed E-state index contributed by atoms with van der Waals surface area (Å²) in [6, 6.07) is 12.9. The molecule has 0 saturated carbocycles. The maximum atomic E-state index is 13.0. The molecule has 6 nitrogen and oxygen atoms in total. The minimum Gasteiger partial charge on any atom is -0.366 e. The van der Waals surface area contributed by atoms with E-state index in [2.05, 4.69) is 21.7 Å². The number of halogens is 3. The average molecular weight is 559 g/mol. The zero-order chi connectivity index (χ0) is 27.4. The predicted octanol–water partition coefficient (Wildman–Crippen LogP) is 6.34. The average Bonchev–Trinajstić information content (AvgIpc) is 3.20. The molecule has 208 valence electrons. The first kappa shape index (κ1) is 28.8. The molecule has 2 aliphatic rings. The van der Waals surface area contributed by atoms with Crippen LogP contribution in [0.25, 0.3) is 0 Å². The van der Waals surface area contributed by atoms with E-state index in [1.165, 1.54) is 12.1 Å². The lowest BCUT2D eigenvalue weighted by molar-refractivity contribution is -0.137. The monoisotopic (exact) mass is 558 g/mol. The fourth-order valence-electron chi connectivity index (χ4n) is 5.50. The van der Waals surface area contributed by atoms with Crippen molar-refractivity contribution in [3.63, 3.8) is 0 Å². The summed E-state index contributed by atoms with van der Waals surface area (Å²) in [4.78, 5) is 19.2. The van der Waals surface area contributed by atoms with Crippen LogP contribution < -0.4 is 15.5 Å². The zero-order valence-corrected chi connectivity index (χ0v) is 23.5. The number of carbonyl (C=O) groups excluding carboxylic acids is 1. The van der Waals surface area contributed by atoms with Crippen LogP contribution in [-0.2, 0) is 34.5 Å². The van der Waals surface area contributed by atoms with Crippen LogP contribution in [0.1, 0.15) is 54.3 Å². The number of anilines is 3. The van der Waals surface area contributed by atoms with Crippen LogP contribution in [0.3, 0.4) is 0 Å². The van der Waals surface area contributed by atoms with Crippen LogP contribution >= 0.6 is 13.5 Å². The van der Waals surface area contributed by atoms with Gasteiger partial charge in [0.15, 0.2) is 0 Å². The number of likely N-dealkylation sites (N-methyl/N-ethyl adjacent to an activating group) is 1. The molecule has 0 aliphatic carbocycles. The normalized spacial score (nSPS) is 20.3. The minimum atomic E-state index is -4.37. The molecule has 2 aliphatic heterocycles.